The number of carboxylic acids is 1. The standard InChI is InChI=1S/C22H30N2O3/c1-6-11-23(13-10-20(25)26)22(27)21-16(5)18-14-17(15(3)4)8-9-19(18)24(21)12-7-2/h7-9,14-15H,2,6,10-13H2,1,3-5H3,(H,25,26). The van der Waals surface area contributed by atoms with Crippen LogP contribution in [0, 0.1) is 6.92 Å². The van der Waals surface area contributed by atoms with Crippen LogP contribution in [-0.2, 0) is 11.3 Å². The van der Waals surface area contributed by atoms with Crippen LogP contribution in [0.3, 0.4) is 0 Å². The second kappa shape index (κ2) is 8.89. The lowest BCUT2D eigenvalue weighted by molar-refractivity contribution is -0.137. The van der Waals surface area contributed by atoms with Crippen LogP contribution in [0.15, 0.2) is 30.9 Å². The zero-order chi connectivity index (χ0) is 20.1. The van der Waals surface area contributed by atoms with Crippen LogP contribution >= 0.6 is 0 Å². The number of nitrogens with zero attached hydrogens (tertiary/aromatic N) is 2. The SMILES string of the molecule is C=CCn1c(C(=O)N(CCC)CCC(=O)O)c(C)c2cc(C(C)C)ccc21. The van der Waals surface area contributed by atoms with Gasteiger partial charge < -0.3 is 14.6 Å². The zero-order valence-electron chi connectivity index (χ0n) is 16.8. The Morgan fingerprint density at radius 2 is 2.00 bits per heavy atom. The third-order valence-corrected chi connectivity index (χ3v) is 4.90. The van der Waals surface area contributed by atoms with E-state index in [2.05, 4.69) is 38.6 Å². The van der Waals surface area contributed by atoms with Gasteiger partial charge in [-0.3, -0.25) is 9.59 Å². The summed E-state index contributed by atoms with van der Waals surface area (Å²) in [5.41, 5.74) is 3.81. The molecule has 0 saturated carbocycles. The van der Waals surface area contributed by atoms with Gasteiger partial charge in [0.1, 0.15) is 5.69 Å². The van der Waals surface area contributed by atoms with Crippen molar-refractivity contribution in [2.24, 2.45) is 0 Å². The fourth-order valence-electron chi connectivity index (χ4n) is 3.46. The Labute approximate surface area is 161 Å². The number of allylic oxidation sites excluding steroid dienone is 1. The topological polar surface area (TPSA) is 62.5 Å². The number of aliphatic carboxylic acids is 1. The average molecular weight is 370 g/mol. The lowest BCUT2D eigenvalue weighted by atomic mass is 10.0. The van der Waals surface area contributed by atoms with Gasteiger partial charge in [-0.1, -0.05) is 32.9 Å². The third-order valence-electron chi connectivity index (χ3n) is 4.90. The summed E-state index contributed by atoms with van der Waals surface area (Å²) in [5, 5.41) is 10.1. The molecule has 0 atom stereocenters. The largest absolute Gasteiger partial charge is 0.481 e. The second-order valence-electron chi connectivity index (χ2n) is 7.24. The summed E-state index contributed by atoms with van der Waals surface area (Å²) in [7, 11) is 0. The van der Waals surface area contributed by atoms with Crippen molar-refractivity contribution in [1.82, 2.24) is 9.47 Å². The Morgan fingerprint density at radius 3 is 2.56 bits per heavy atom. The average Bonchev–Trinajstić information content (AvgIpc) is 2.90. The Morgan fingerprint density at radius 1 is 1.30 bits per heavy atom. The molecule has 27 heavy (non-hydrogen) atoms. The van der Waals surface area contributed by atoms with Crippen molar-refractivity contribution in [3.63, 3.8) is 0 Å². The number of aryl methyl sites for hydroxylation is 1. The third kappa shape index (κ3) is 4.41. The Balaban J connectivity index is 2.58. The quantitative estimate of drug-likeness (QED) is 0.657. The molecule has 5 heteroatoms. The number of hydrogen-bond acceptors (Lipinski definition) is 2. The first-order valence-corrected chi connectivity index (χ1v) is 9.56. The maximum atomic E-state index is 13.3. The molecule has 0 aliphatic carbocycles. The van der Waals surface area contributed by atoms with Gasteiger partial charge in [0, 0.05) is 30.5 Å². The van der Waals surface area contributed by atoms with Crippen LogP contribution < -0.4 is 0 Å². The second-order valence-corrected chi connectivity index (χ2v) is 7.24. The number of carboxylic acid groups (broad SMARTS) is 1. The highest BCUT2D eigenvalue weighted by molar-refractivity contribution is 6.02. The zero-order valence-corrected chi connectivity index (χ0v) is 16.8. The van der Waals surface area contributed by atoms with E-state index in [1.54, 1.807) is 11.0 Å². The highest BCUT2D eigenvalue weighted by atomic mass is 16.4. The molecule has 2 aromatic rings. The van der Waals surface area contributed by atoms with E-state index in [9.17, 15) is 9.59 Å². The van der Waals surface area contributed by atoms with E-state index in [4.69, 9.17) is 5.11 Å². The van der Waals surface area contributed by atoms with E-state index in [1.165, 1.54) is 5.56 Å². The van der Waals surface area contributed by atoms with Crippen molar-refractivity contribution in [3.05, 3.63) is 47.7 Å². The molecular formula is C22H30N2O3. The summed E-state index contributed by atoms with van der Waals surface area (Å²) in [5.74, 6) is -0.601. The number of amides is 1. The summed E-state index contributed by atoms with van der Waals surface area (Å²) in [6.07, 6.45) is 2.51. The van der Waals surface area contributed by atoms with E-state index in [0.29, 0.717) is 24.7 Å². The van der Waals surface area contributed by atoms with Crippen LogP contribution in [0.4, 0.5) is 0 Å². The molecule has 0 aliphatic rings. The highest BCUT2D eigenvalue weighted by Crippen LogP contribution is 2.30. The number of aromatic nitrogens is 1. The van der Waals surface area contributed by atoms with E-state index < -0.39 is 5.97 Å². The van der Waals surface area contributed by atoms with Gasteiger partial charge >= 0.3 is 5.97 Å². The molecule has 1 heterocycles. The van der Waals surface area contributed by atoms with E-state index in [-0.39, 0.29) is 18.9 Å². The highest BCUT2D eigenvalue weighted by Gasteiger charge is 2.24. The maximum Gasteiger partial charge on any atom is 0.305 e. The van der Waals surface area contributed by atoms with Crippen LogP contribution in [0.5, 0.6) is 0 Å². The number of carbonyl (C=O) groups is 2. The molecule has 2 rings (SSSR count). The number of rotatable bonds is 9. The number of benzene rings is 1. The van der Waals surface area contributed by atoms with Gasteiger partial charge in [-0.25, -0.2) is 0 Å². The Hall–Kier alpha value is -2.56. The summed E-state index contributed by atoms with van der Waals surface area (Å²) in [6, 6.07) is 6.33. The lowest BCUT2D eigenvalue weighted by Gasteiger charge is -2.22. The summed E-state index contributed by atoms with van der Waals surface area (Å²) in [6.45, 7) is 13.4. The van der Waals surface area contributed by atoms with Crippen LogP contribution in [0.2, 0.25) is 0 Å². The molecule has 1 amide bonds. The molecule has 0 fully saturated rings. The maximum absolute atomic E-state index is 13.3. The minimum Gasteiger partial charge on any atom is -0.481 e. The van der Waals surface area contributed by atoms with Gasteiger partial charge in [0.05, 0.1) is 6.42 Å². The van der Waals surface area contributed by atoms with Crippen molar-refractivity contribution >= 4 is 22.8 Å². The molecule has 1 aromatic heterocycles. The molecule has 0 saturated heterocycles. The Bertz CT molecular complexity index is 849. The fraction of sp³-hybridized carbons (Fsp3) is 0.455. The van der Waals surface area contributed by atoms with Crippen LogP contribution in [0.1, 0.15) is 61.1 Å². The smallest absolute Gasteiger partial charge is 0.305 e. The van der Waals surface area contributed by atoms with E-state index >= 15 is 0 Å². The van der Waals surface area contributed by atoms with Gasteiger partial charge in [0.2, 0.25) is 0 Å². The predicted octanol–water partition coefficient (Wildman–Crippen LogP) is 4.59. The first-order chi connectivity index (χ1) is 12.8. The van der Waals surface area contributed by atoms with Crippen molar-refractivity contribution in [2.75, 3.05) is 13.1 Å². The van der Waals surface area contributed by atoms with Gasteiger partial charge in [-0.2, -0.15) is 0 Å². The molecule has 0 unspecified atom stereocenters. The fourth-order valence-corrected chi connectivity index (χ4v) is 3.46. The number of carbonyl (C=O) groups excluding carboxylic acids is 1. The summed E-state index contributed by atoms with van der Waals surface area (Å²) < 4.78 is 1.99. The van der Waals surface area contributed by atoms with Crippen molar-refractivity contribution in [1.29, 1.82) is 0 Å². The molecular weight excluding hydrogens is 340 g/mol. The minimum atomic E-state index is -0.895. The first kappa shape index (κ1) is 20.7. The molecule has 0 aliphatic heterocycles. The molecule has 1 aromatic carbocycles. The molecule has 0 bridgehead atoms. The molecule has 0 radical (unpaired) electrons. The van der Waals surface area contributed by atoms with Crippen molar-refractivity contribution < 1.29 is 14.7 Å². The number of hydrogen-bond donors (Lipinski definition) is 1. The van der Waals surface area contributed by atoms with Crippen molar-refractivity contribution in [3.8, 4) is 0 Å². The van der Waals surface area contributed by atoms with Crippen LogP contribution in [-0.4, -0.2) is 39.5 Å². The first-order valence-electron chi connectivity index (χ1n) is 9.56. The van der Waals surface area contributed by atoms with E-state index in [1.807, 2.05) is 18.4 Å². The van der Waals surface area contributed by atoms with E-state index in [0.717, 1.165) is 22.9 Å². The van der Waals surface area contributed by atoms with Gasteiger partial charge in [-0.15, -0.1) is 6.58 Å². The molecule has 1 N–H and O–H groups in total. The van der Waals surface area contributed by atoms with Crippen molar-refractivity contribution in [2.45, 2.75) is 53.0 Å². The number of fused-ring (bicyclic) bond motifs is 1. The monoisotopic (exact) mass is 370 g/mol. The lowest BCUT2D eigenvalue weighted by Crippen LogP contribution is -2.35. The van der Waals surface area contributed by atoms with Crippen LogP contribution in [0.25, 0.3) is 10.9 Å². The summed E-state index contributed by atoms with van der Waals surface area (Å²) in [4.78, 5) is 26.0. The molecule has 146 valence electrons. The minimum absolute atomic E-state index is 0.0516. The normalized spacial score (nSPS) is 11.1. The summed E-state index contributed by atoms with van der Waals surface area (Å²) >= 11 is 0. The molecule has 5 nitrogen and oxygen atoms in total. The van der Waals surface area contributed by atoms with Gasteiger partial charge in [0.15, 0.2) is 0 Å². The Kier molecular flexibility index (Phi) is 6.83. The molecule has 0 spiro atoms. The van der Waals surface area contributed by atoms with Gasteiger partial charge in [-0.05, 0) is 42.5 Å². The predicted molar refractivity (Wildman–Crippen MR) is 109 cm³/mol. The van der Waals surface area contributed by atoms with Gasteiger partial charge in [0.25, 0.3) is 5.91 Å².